The van der Waals surface area contributed by atoms with Gasteiger partial charge in [0.2, 0.25) is 0 Å². The number of nitrogens with zero attached hydrogens (tertiary/aromatic N) is 1. The zero-order valence-corrected chi connectivity index (χ0v) is 12.6. The van der Waals surface area contributed by atoms with Gasteiger partial charge in [0.15, 0.2) is 0 Å². The number of carbonyl (C=O) groups is 1. The van der Waals surface area contributed by atoms with Crippen molar-refractivity contribution in [3.05, 3.63) is 33.1 Å². The van der Waals surface area contributed by atoms with Gasteiger partial charge in [0.25, 0.3) is 5.91 Å². The Labute approximate surface area is 120 Å². The molecule has 96 valence electrons. The van der Waals surface area contributed by atoms with Crippen molar-refractivity contribution >= 4 is 40.9 Å². The molecule has 0 bridgehead atoms. The van der Waals surface area contributed by atoms with E-state index in [1.807, 2.05) is 29.5 Å². The zero-order valence-electron chi connectivity index (χ0n) is 9.61. The molecule has 0 aliphatic heterocycles. The standard InChI is InChI=1S/C11H14FIN2O.ClH/c1-7(6-14)15(2)11(16)8-3-4-10(13)9(12)5-8;/h3-5,7H,6,14H2,1-2H3;1H. The first-order chi connectivity index (χ1) is 7.47. The molecule has 1 aromatic rings. The second kappa shape index (κ2) is 7.13. The summed E-state index contributed by atoms with van der Waals surface area (Å²) in [7, 11) is 1.66. The molecule has 1 aromatic carbocycles. The summed E-state index contributed by atoms with van der Waals surface area (Å²) in [5.41, 5.74) is 5.82. The van der Waals surface area contributed by atoms with Crippen LogP contribution in [-0.2, 0) is 0 Å². The minimum Gasteiger partial charge on any atom is -0.338 e. The summed E-state index contributed by atoms with van der Waals surface area (Å²) in [6.45, 7) is 2.23. The highest BCUT2D eigenvalue weighted by Gasteiger charge is 2.17. The fraction of sp³-hybridized carbons (Fsp3) is 0.364. The van der Waals surface area contributed by atoms with Gasteiger partial charge in [-0.15, -0.1) is 12.4 Å². The quantitative estimate of drug-likeness (QED) is 0.828. The molecule has 0 radical (unpaired) electrons. The molecule has 1 atom stereocenters. The Morgan fingerprint density at radius 2 is 2.18 bits per heavy atom. The maximum atomic E-state index is 13.3. The average molecular weight is 373 g/mol. The van der Waals surface area contributed by atoms with Gasteiger partial charge in [-0.1, -0.05) is 0 Å². The molecule has 1 rings (SSSR count). The summed E-state index contributed by atoms with van der Waals surface area (Å²) >= 11 is 1.88. The summed E-state index contributed by atoms with van der Waals surface area (Å²) < 4.78 is 13.8. The van der Waals surface area contributed by atoms with Crippen LogP contribution in [0.15, 0.2) is 18.2 Å². The Hall–Kier alpha value is -0.400. The van der Waals surface area contributed by atoms with E-state index in [0.717, 1.165) is 0 Å². The van der Waals surface area contributed by atoms with Crippen LogP contribution in [-0.4, -0.2) is 30.4 Å². The number of nitrogens with two attached hydrogens (primary N) is 1. The third-order valence-electron chi connectivity index (χ3n) is 2.49. The topological polar surface area (TPSA) is 46.3 Å². The van der Waals surface area contributed by atoms with Crippen LogP contribution >= 0.6 is 35.0 Å². The number of benzene rings is 1. The van der Waals surface area contributed by atoms with Gasteiger partial charge in [-0.2, -0.15) is 0 Å². The Morgan fingerprint density at radius 3 is 2.65 bits per heavy atom. The summed E-state index contributed by atoms with van der Waals surface area (Å²) in [6.07, 6.45) is 0. The molecule has 2 N–H and O–H groups in total. The van der Waals surface area contributed by atoms with E-state index < -0.39 is 0 Å². The van der Waals surface area contributed by atoms with Crippen molar-refractivity contribution in [2.45, 2.75) is 13.0 Å². The number of rotatable bonds is 3. The lowest BCUT2D eigenvalue weighted by molar-refractivity contribution is 0.0748. The van der Waals surface area contributed by atoms with Crippen LogP contribution in [0, 0.1) is 9.39 Å². The van der Waals surface area contributed by atoms with Gasteiger partial charge in [-0.3, -0.25) is 4.79 Å². The lowest BCUT2D eigenvalue weighted by atomic mass is 10.1. The Bertz CT molecular complexity index is 403. The first-order valence-electron chi connectivity index (χ1n) is 4.89. The molecular formula is C11H15ClFIN2O. The van der Waals surface area contributed by atoms with Gasteiger partial charge in [0.05, 0.1) is 0 Å². The molecular weight excluding hydrogens is 357 g/mol. The van der Waals surface area contributed by atoms with E-state index in [-0.39, 0.29) is 30.2 Å². The van der Waals surface area contributed by atoms with Gasteiger partial charge < -0.3 is 10.6 Å². The molecule has 0 spiro atoms. The molecule has 0 fully saturated rings. The number of carbonyl (C=O) groups excluding carboxylic acids is 1. The van der Waals surface area contributed by atoms with Crippen LogP contribution in [0.1, 0.15) is 17.3 Å². The van der Waals surface area contributed by atoms with Crippen molar-refractivity contribution in [1.29, 1.82) is 0 Å². The van der Waals surface area contributed by atoms with Crippen LogP contribution in [0.3, 0.4) is 0 Å². The smallest absolute Gasteiger partial charge is 0.253 e. The fourth-order valence-electron chi connectivity index (χ4n) is 1.19. The number of hydrogen-bond donors (Lipinski definition) is 1. The molecule has 0 heterocycles. The van der Waals surface area contributed by atoms with Crippen LogP contribution < -0.4 is 5.73 Å². The van der Waals surface area contributed by atoms with Crippen LogP contribution in [0.4, 0.5) is 4.39 Å². The average Bonchev–Trinajstić information content (AvgIpc) is 2.29. The summed E-state index contributed by atoms with van der Waals surface area (Å²) in [5.74, 6) is -0.589. The Balaban J connectivity index is 0.00000256. The molecule has 0 saturated heterocycles. The number of likely N-dealkylation sites (N-methyl/N-ethyl adjacent to an activating group) is 1. The molecule has 3 nitrogen and oxygen atoms in total. The minimum atomic E-state index is -0.375. The SMILES string of the molecule is CC(CN)N(C)C(=O)c1ccc(I)c(F)c1.Cl. The maximum Gasteiger partial charge on any atom is 0.253 e. The Kier molecular flexibility index (Phi) is 6.96. The molecule has 0 saturated carbocycles. The first kappa shape index (κ1) is 16.6. The summed E-state index contributed by atoms with van der Waals surface area (Å²) in [6, 6.07) is 4.40. The lowest BCUT2D eigenvalue weighted by Crippen LogP contribution is -2.39. The highest BCUT2D eigenvalue weighted by Crippen LogP contribution is 2.14. The third-order valence-corrected chi connectivity index (χ3v) is 3.36. The molecule has 1 amide bonds. The van der Waals surface area contributed by atoms with Gasteiger partial charge >= 0.3 is 0 Å². The monoisotopic (exact) mass is 372 g/mol. The maximum absolute atomic E-state index is 13.3. The minimum absolute atomic E-state index is 0. The van der Waals surface area contributed by atoms with Gasteiger partial charge in [-0.25, -0.2) is 4.39 Å². The molecule has 0 aromatic heterocycles. The molecule has 6 heteroatoms. The van der Waals surface area contributed by atoms with Crippen molar-refractivity contribution in [3.63, 3.8) is 0 Å². The van der Waals surface area contributed by atoms with Gasteiger partial charge in [0.1, 0.15) is 5.82 Å². The third kappa shape index (κ3) is 4.08. The first-order valence-corrected chi connectivity index (χ1v) is 5.97. The van der Waals surface area contributed by atoms with E-state index in [4.69, 9.17) is 5.73 Å². The van der Waals surface area contributed by atoms with Crippen LogP contribution in [0.5, 0.6) is 0 Å². The van der Waals surface area contributed by atoms with Crippen molar-refractivity contribution in [1.82, 2.24) is 4.90 Å². The van der Waals surface area contributed by atoms with Crippen molar-refractivity contribution < 1.29 is 9.18 Å². The van der Waals surface area contributed by atoms with Gasteiger partial charge in [0, 0.05) is 28.8 Å². The van der Waals surface area contributed by atoms with Crippen molar-refractivity contribution in [3.8, 4) is 0 Å². The second-order valence-corrected chi connectivity index (χ2v) is 4.79. The van der Waals surface area contributed by atoms with Crippen molar-refractivity contribution in [2.24, 2.45) is 5.73 Å². The van der Waals surface area contributed by atoms with E-state index in [2.05, 4.69) is 0 Å². The fourth-order valence-corrected chi connectivity index (χ4v) is 1.53. The predicted octanol–water partition coefficient (Wildman–Crippen LogP) is 2.27. The van der Waals surface area contributed by atoms with E-state index in [1.165, 1.54) is 11.0 Å². The second-order valence-electron chi connectivity index (χ2n) is 3.63. The van der Waals surface area contributed by atoms with E-state index in [0.29, 0.717) is 15.7 Å². The predicted molar refractivity (Wildman–Crippen MR) is 77.0 cm³/mol. The van der Waals surface area contributed by atoms with E-state index in [9.17, 15) is 9.18 Å². The highest BCUT2D eigenvalue weighted by atomic mass is 127. The van der Waals surface area contributed by atoms with Crippen LogP contribution in [0.2, 0.25) is 0 Å². The summed E-state index contributed by atoms with van der Waals surface area (Å²) in [4.78, 5) is 13.4. The number of hydrogen-bond acceptors (Lipinski definition) is 2. The summed E-state index contributed by atoms with van der Waals surface area (Å²) in [5, 5.41) is 0. The largest absolute Gasteiger partial charge is 0.338 e. The highest BCUT2D eigenvalue weighted by molar-refractivity contribution is 14.1. The zero-order chi connectivity index (χ0) is 12.3. The van der Waals surface area contributed by atoms with Gasteiger partial charge in [-0.05, 0) is 47.7 Å². The molecule has 17 heavy (non-hydrogen) atoms. The Morgan fingerprint density at radius 1 is 1.59 bits per heavy atom. The molecule has 1 unspecified atom stereocenters. The van der Waals surface area contributed by atoms with E-state index in [1.54, 1.807) is 19.2 Å². The lowest BCUT2D eigenvalue weighted by Gasteiger charge is -2.23. The van der Waals surface area contributed by atoms with Crippen LogP contribution in [0.25, 0.3) is 0 Å². The van der Waals surface area contributed by atoms with E-state index >= 15 is 0 Å². The molecule has 0 aliphatic rings. The number of halogens is 3. The normalized spacial score (nSPS) is 11.6. The van der Waals surface area contributed by atoms with Crippen molar-refractivity contribution in [2.75, 3.05) is 13.6 Å². The number of amides is 1. The molecule has 0 aliphatic carbocycles.